The van der Waals surface area contributed by atoms with Crippen LogP contribution < -0.4 is 15.8 Å². The highest BCUT2D eigenvalue weighted by molar-refractivity contribution is 6.39. The lowest BCUT2D eigenvalue weighted by Crippen LogP contribution is -2.17. The molecule has 4 nitrogen and oxygen atoms in total. The maximum absolute atomic E-state index is 12.2. The number of para-hydroxylation sites is 1. The molecular weight excluding hydrogens is 378 g/mol. The Kier molecular flexibility index (Phi) is 4.53. The van der Waals surface area contributed by atoms with Crippen molar-refractivity contribution in [2.45, 2.75) is 6.36 Å². The van der Waals surface area contributed by atoms with Crippen molar-refractivity contribution in [3.63, 3.8) is 0 Å². The molecule has 0 spiro atoms. The van der Waals surface area contributed by atoms with E-state index in [0.29, 0.717) is 32.5 Å². The molecule has 25 heavy (non-hydrogen) atoms. The summed E-state index contributed by atoms with van der Waals surface area (Å²) in [6.45, 7) is 0. The Morgan fingerprint density at radius 2 is 1.80 bits per heavy atom. The van der Waals surface area contributed by atoms with E-state index in [1.54, 1.807) is 24.3 Å². The van der Waals surface area contributed by atoms with E-state index in [9.17, 15) is 13.2 Å². The third-order valence-electron chi connectivity index (χ3n) is 3.26. The Balaban J connectivity index is 1.92. The van der Waals surface area contributed by atoms with Gasteiger partial charge in [-0.2, -0.15) is 0 Å². The first kappa shape index (κ1) is 17.4. The van der Waals surface area contributed by atoms with Crippen LogP contribution in [0.5, 0.6) is 5.75 Å². The summed E-state index contributed by atoms with van der Waals surface area (Å²) in [6.07, 6.45) is -4.79. The van der Waals surface area contributed by atoms with Crippen molar-refractivity contribution in [1.29, 1.82) is 0 Å². The number of hydrogen-bond acceptors (Lipinski definition) is 4. The number of ether oxygens (including phenoxy) is 1. The Labute approximate surface area is 150 Å². The molecular formula is C16H10Cl2F3N3O. The highest BCUT2D eigenvalue weighted by Crippen LogP contribution is 2.33. The number of nitrogens with two attached hydrogens (primary N) is 1. The molecule has 1 aromatic heterocycles. The second-order valence-electron chi connectivity index (χ2n) is 5.05. The van der Waals surface area contributed by atoms with E-state index in [1.807, 2.05) is 0 Å². The third kappa shape index (κ3) is 4.00. The number of pyridine rings is 1. The molecule has 0 aliphatic carbocycles. The molecule has 0 bridgehead atoms. The fourth-order valence-corrected chi connectivity index (χ4v) is 2.70. The van der Waals surface area contributed by atoms with Gasteiger partial charge >= 0.3 is 6.36 Å². The van der Waals surface area contributed by atoms with E-state index < -0.39 is 12.1 Å². The van der Waals surface area contributed by atoms with E-state index in [0.717, 1.165) is 12.1 Å². The normalized spacial score (nSPS) is 11.6. The van der Waals surface area contributed by atoms with Gasteiger partial charge in [-0.15, -0.1) is 13.2 Å². The molecule has 0 radical (unpaired) electrons. The molecule has 3 N–H and O–H groups in total. The van der Waals surface area contributed by atoms with Gasteiger partial charge in [-0.05, 0) is 18.2 Å². The first-order valence-corrected chi connectivity index (χ1v) is 7.65. The number of rotatable bonds is 3. The predicted octanol–water partition coefficient (Wildman–Crippen LogP) is 5.77. The zero-order valence-corrected chi connectivity index (χ0v) is 13.9. The lowest BCUT2D eigenvalue weighted by molar-refractivity contribution is -0.274. The van der Waals surface area contributed by atoms with Gasteiger partial charge in [0.05, 0.1) is 26.9 Å². The topological polar surface area (TPSA) is 60.2 Å². The molecule has 0 fully saturated rings. The molecule has 3 rings (SSSR count). The van der Waals surface area contributed by atoms with E-state index in [1.165, 1.54) is 6.07 Å². The number of benzene rings is 2. The van der Waals surface area contributed by atoms with Gasteiger partial charge < -0.3 is 15.8 Å². The van der Waals surface area contributed by atoms with Gasteiger partial charge in [0.2, 0.25) is 0 Å². The van der Waals surface area contributed by atoms with Gasteiger partial charge in [-0.1, -0.05) is 35.3 Å². The molecule has 0 unspecified atom stereocenters. The van der Waals surface area contributed by atoms with Gasteiger partial charge in [0.15, 0.2) is 0 Å². The van der Waals surface area contributed by atoms with Crippen molar-refractivity contribution in [2.24, 2.45) is 0 Å². The van der Waals surface area contributed by atoms with E-state index in [-0.39, 0.29) is 5.69 Å². The number of alkyl halides is 3. The average Bonchev–Trinajstić information content (AvgIpc) is 2.50. The van der Waals surface area contributed by atoms with Crippen LogP contribution in [-0.2, 0) is 0 Å². The predicted molar refractivity (Wildman–Crippen MR) is 92.6 cm³/mol. The Morgan fingerprint density at radius 3 is 2.48 bits per heavy atom. The molecule has 0 atom stereocenters. The fraction of sp³-hybridized carbons (Fsp3) is 0.0625. The number of anilines is 3. The molecule has 2 aromatic carbocycles. The lowest BCUT2D eigenvalue weighted by Gasteiger charge is -2.13. The summed E-state index contributed by atoms with van der Waals surface area (Å²) in [5, 5.41) is 4.43. The van der Waals surface area contributed by atoms with Gasteiger partial charge in [-0.3, -0.25) is 0 Å². The third-order valence-corrected chi connectivity index (χ3v) is 3.88. The van der Waals surface area contributed by atoms with Crippen molar-refractivity contribution < 1.29 is 17.9 Å². The summed E-state index contributed by atoms with van der Waals surface area (Å²) in [4.78, 5) is 4.36. The van der Waals surface area contributed by atoms with Crippen LogP contribution in [0.4, 0.5) is 30.4 Å². The van der Waals surface area contributed by atoms with Gasteiger partial charge in [-0.25, -0.2) is 4.98 Å². The van der Waals surface area contributed by atoms with Crippen LogP contribution in [0, 0.1) is 0 Å². The van der Waals surface area contributed by atoms with Crippen molar-refractivity contribution in [3.8, 4) is 5.75 Å². The highest BCUT2D eigenvalue weighted by Gasteiger charge is 2.31. The monoisotopic (exact) mass is 387 g/mol. The maximum atomic E-state index is 12.2. The zero-order chi connectivity index (χ0) is 18.2. The summed E-state index contributed by atoms with van der Waals surface area (Å²) in [6, 6.07) is 10.3. The van der Waals surface area contributed by atoms with Crippen LogP contribution in [0.1, 0.15) is 0 Å². The van der Waals surface area contributed by atoms with Crippen LogP contribution in [0.15, 0.2) is 42.5 Å². The maximum Gasteiger partial charge on any atom is 0.573 e. The van der Waals surface area contributed by atoms with E-state index in [4.69, 9.17) is 28.9 Å². The summed E-state index contributed by atoms with van der Waals surface area (Å²) in [5.74, 6) is -0.0649. The molecule has 0 aliphatic rings. The molecule has 0 saturated carbocycles. The van der Waals surface area contributed by atoms with E-state index >= 15 is 0 Å². The smallest absolute Gasteiger partial charge is 0.406 e. The minimum Gasteiger partial charge on any atom is -0.406 e. The van der Waals surface area contributed by atoms with Crippen molar-refractivity contribution in [1.82, 2.24) is 4.98 Å². The molecule has 130 valence electrons. The van der Waals surface area contributed by atoms with Crippen molar-refractivity contribution in [3.05, 3.63) is 52.5 Å². The van der Waals surface area contributed by atoms with Crippen molar-refractivity contribution in [2.75, 3.05) is 11.1 Å². The summed E-state index contributed by atoms with van der Waals surface area (Å²) >= 11 is 12.3. The molecule has 1 heterocycles. The summed E-state index contributed by atoms with van der Waals surface area (Å²) < 4.78 is 40.5. The van der Waals surface area contributed by atoms with Crippen molar-refractivity contribution >= 4 is 51.3 Å². The van der Waals surface area contributed by atoms with Crippen LogP contribution in [0.25, 0.3) is 10.9 Å². The molecule has 0 amide bonds. The average molecular weight is 388 g/mol. The second kappa shape index (κ2) is 6.50. The first-order chi connectivity index (χ1) is 11.7. The molecule has 3 aromatic rings. The van der Waals surface area contributed by atoms with Crippen LogP contribution >= 0.6 is 23.2 Å². The van der Waals surface area contributed by atoms with Gasteiger partial charge in [0.25, 0.3) is 0 Å². The Morgan fingerprint density at radius 1 is 1.04 bits per heavy atom. The second-order valence-corrected chi connectivity index (χ2v) is 5.86. The van der Waals surface area contributed by atoms with E-state index in [2.05, 4.69) is 15.0 Å². The minimum absolute atomic E-state index is 0.0546. The fourth-order valence-electron chi connectivity index (χ4n) is 2.23. The molecule has 0 aliphatic heterocycles. The highest BCUT2D eigenvalue weighted by atomic mass is 35.5. The number of fused-ring (bicyclic) bond motifs is 1. The molecule has 9 heteroatoms. The minimum atomic E-state index is -4.79. The SMILES string of the molecule is Nc1cc(OC(F)(F)F)ccc1Nc1cc(Cl)c2cccc(Cl)c2n1. The standard InChI is InChI=1S/C16H10Cl2F3N3O/c17-10-3-1-2-9-11(18)7-14(24-15(9)10)23-13-5-4-8(6-12(13)22)25-16(19,20)21/h1-7H,22H2,(H,23,24). The Hall–Kier alpha value is -2.38. The van der Waals surface area contributed by atoms with Crippen LogP contribution in [-0.4, -0.2) is 11.3 Å². The number of hydrogen-bond donors (Lipinski definition) is 2. The number of nitrogens with zero attached hydrogens (tertiary/aromatic N) is 1. The van der Waals surface area contributed by atoms with Gasteiger partial charge in [0, 0.05) is 17.5 Å². The number of nitrogens with one attached hydrogen (secondary N) is 1. The lowest BCUT2D eigenvalue weighted by atomic mass is 10.2. The Bertz CT molecular complexity index is 948. The quantitative estimate of drug-likeness (QED) is 0.560. The van der Waals surface area contributed by atoms with Crippen LogP contribution in [0.2, 0.25) is 10.0 Å². The summed E-state index contributed by atoms with van der Waals surface area (Å²) in [5.41, 5.74) is 6.67. The number of halogens is 5. The number of aromatic nitrogens is 1. The zero-order valence-electron chi connectivity index (χ0n) is 12.4. The number of nitrogen functional groups attached to an aromatic ring is 1. The van der Waals surface area contributed by atoms with Gasteiger partial charge in [0.1, 0.15) is 11.6 Å². The molecule has 0 saturated heterocycles. The van der Waals surface area contributed by atoms with Crippen LogP contribution in [0.3, 0.4) is 0 Å². The first-order valence-electron chi connectivity index (χ1n) is 6.90. The largest absolute Gasteiger partial charge is 0.573 e. The summed E-state index contributed by atoms with van der Waals surface area (Å²) in [7, 11) is 0.